The molecule has 2 aromatic heterocycles. The van der Waals surface area contributed by atoms with Crippen molar-refractivity contribution >= 4 is 28.9 Å². The number of H-pyrrole nitrogens is 1. The topological polar surface area (TPSA) is 104 Å². The first-order valence-corrected chi connectivity index (χ1v) is 13.7. The van der Waals surface area contributed by atoms with Crippen LogP contribution in [0.15, 0.2) is 42.7 Å². The van der Waals surface area contributed by atoms with Gasteiger partial charge in [0.2, 0.25) is 11.8 Å². The zero-order valence-electron chi connectivity index (χ0n) is 22.1. The van der Waals surface area contributed by atoms with E-state index in [4.69, 9.17) is 5.73 Å². The lowest BCUT2D eigenvalue weighted by Crippen LogP contribution is -2.54. The number of aromatic amines is 1. The van der Waals surface area contributed by atoms with Crippen molar-refractivity contribution in [2.24, 2.45) is 11.7 Å². The number of hydrogen-bond donors (Lipinski definition) is 3. The number of aromatic nitrogens is 2. The van der Waals surface area contributed by atoms with Gasteiger partial charge >= 0.3 is 0 Å². The van der Waals surface area contributed by atoms with Crippen LogP contribution in [0.3, 0.4) is 0 Å². The van der Waals surface area contributed by atoms with Crippen LogP contribution in [0.2, 0.25) is 0 Å². The minimum Gasteiger partial charge on any atom is -0.368 e. The van der Waals surface area contributed by atoms with Gasteiger partial charge in [0, 0.05) is 37.6 Å². The standard InChI is InChI=1S/C30H35F2N5O2/c1-18-15-19(16-24(31)27(18)32)4-9-26(38)37-13-10-21(11-14-37)28(30(33)39)36-22-7-5-20(6-8-22)23-17-35-25-3-2-12-34-29(23)25/h2-4,9,12,15-17,20-22,28,35-36H,5-8,10-11,13-14H2,1H3,(H2,33,39)/b9-4+. The second-order valence-corrected chi connectivity index (χ2v) is 10.9. The molecule has 206 valence electrons. The molecular formula is C30H35F2N5O2. The number of primary amides is 1. The predicted molar refractivity (Wildman–Crippen MR) is 147 cm³/mol. The van der Waals surface area contributed by atoms with Gasteiger partial charge in [-0.3, -0.25) is 14.6 Å². The van der Waals surface area contributed by atoms with Crippen LogP contribution >= 0.6 is 0 Å². The summed E-state index contributed by atoms with van der Waals surface area (Å²) in [5.41, 5.74) is 9.82. The van der Waals surface area contributed by atoms with Gasteiger partial charge in [0.1, 0.15) is 0 Å². The number of nitrogens with one attached hydrogen (secondary N) is 2. The van der Waals surface area contributed by atoms with E-state index in [0.717, 1.165) is 42.8 Å². The third-order valence-corrected chi connectivity index (χ3v) is 8.33. The Morgan fingerprint density at radius 2 is 1.90 bits per heavy atom. The predicted octanol–water partition coefficient (Wildman–Crippen LogP) is 4.57. The van der Waals surface area contributed by atoms with Crippen molar-refractivity contribution in [3.05, 3.63) is 71.1 Å². The average molecular weight is 536 g/mol. The van der Waals surface area contributed by atoms with Gasteiger partial charge in [0.05, 0.1) is 17.1 Å². The highest BCUT2D eigenvalue weighted by molar-refractivity contribution is 5.92. The number of nitrogens with two attached hydrogens (primary N) is 1. The van der Waals surface area contributed by atoms with Gasteiger partial charge in [0.25, 0.3) is 0 Å². The molecular weight excluding hydrogens is 500 g/mol. The summed E-state index contributed by atoms with van der Waals surface area (Å²) in [5.74, 6) is -1.86. The Kier molecular flexibility index (Phi) is 8.07. The molecule has 5 rings (SSSR count). The van der Waals surface area contributed by atoms with Crippen LogP contribution in [-0.2, 0) is 9.59 Å². The number of carbonyl (C=O) groups excluding carboxylic acids is 2. The van der Waals surface area contributed by atoms with E-state index in [-0.39, 0.29) is 29.3 Å². The SMILES string of the molecule is Cc1cc(/C=C/C(=O)N2CCC(C(NC3CCC(c4c[nH]c5cccnc45)CC3)C(N)=O)CC2)cc(F)c1F. The minimum absolute atomic E-state index is 0.0555. The molecule has 2 fully saturated rings. The molecule has 3 heterocycles. The lowest BCUT2D eigenvalue weighted by atomic mass is 9.81. The summed E-state index contributed by atoms with van der Waals surface area (Å²) in [6, 6.07) is 6.34. The maximum absolute atomic E-state index is 13.7. The Morgan fingerprint density at radius 3 is 2.59 bits per heavy atom. The fourth-order valence-electron chi connectivity index (χ4n) is 6.14. The summed E-state index contributed by atoms with van der Waals surface area (Å²) < 4.78 is 27.2. The van der Waals surface area contributed by atoms with Crippen LogP contribution in [0.4, 0.5) is 8.78 Å². The number of amides is 2. The second-order valence-electron chi connectivity index (χ2n) is 10.9. The third kappa shape index (κ3) is 6.03. The van der Waals surface area contributed by atoms with E-state index in [1.54, 1.807) is 4.90 Å². The highest BCUT2D eigenvalue weighted by Crippen LogP contribution is 2.36. The molecule has 1 atom stereocenters. The van der Waals surface area contributed by atoms with Crippen LogP contribution in [0, 0.1) is 24.5 Å². The summed E-state index contributed by atoms with van der Waals surface area (Å²) in [6.07, 6.45) is 12.1. The number of pyridine rings is 1. The van der Waals surface area contributed by atoms with E-state index >= 15 is 0 Å². The van der Waals surface area contributed by atoms with Crippen molar-refractivity contribution in [2.75, 3.05) is 13.1 Å². The molecule has 1 aliphatic carbocycles. The molecule has 0 radical (unpaired) electrons. The average Bonchev–Trinajstić information content (AvgIpc) is 3.38. The van der Waals surface area contributed by atoms with E-state index in [1.165, 1.54) is 30.7 Å². The van der Waals surface area contributed by atoms with Gasteiger partial charge in [-0.15, -0.1) is 0 Å². The van der Waals surface area contributed by atoms with Crippen LogP contribution in [0.1, 0.15) is 61.1 Å². The van der Waals surface area contributed by atoms with Gasteiger partial charge in [-0.25, -0.2) is 8.78 Å². The molecule has 3 aromatic rings. The van der Waals surface area contributed by atoms with Crippen LogP contribution in [0.25, 0.3) is 17.1 Å². The van der Waals surface area contributed by atoms with Crippen LogP contribution in [-0.4, -0.2) is 51.9 Å². The fraction of sp³-hybridized carbons (Fsp3) is 0.433. The highest BCUT2D eigenvalue weighted by atomic mass is 19.2. The first-order valence-electron chi connectivity index (χ1n) is 13.7. The molecule has 9 heteroatoms. The maximum atomic E-state index is 13.7. The van der Waals surface area contributed by atoms with Crippen molar-refractivity contribution < 1.29 is 18.4 Å². The molecule has 1 aromatic carbocycles. The zero-order valence-corrected chi connectivity index (χ0v) is 22.1. The minimum atomic E-state index is -0.934. The quantitative estimate of drug-likeness (QED) is 0.386. The van der Waals surface area contributed by atoms with Gasteiger partial charge in [-0.2, -0.15) is 0 Å². The maximum Gasteiger partial charge on any atom is 0.246 e. The first-order chi connectivity index (χ1) is 18.8. The normalized spacial score (nSPS) is 21.5. The van der Waals surface area contributed by atoms with Crippen molar-refractivity contribution in [1.82, 2.24) is 20.2 Å². The fourth-order valence-corrected chi connectivity index (χ4v) is 6.14. The van der Waals surface area contributed by atoms with E-state index < -0.39 is 17.7 Å². The molecule has 7 nitrogen and oxygen atoms in total. The number of rotatable bonds is 7. The largest absolute Gasteiger partial charge is 0.368 e. The van der Waals surface area contributed by atoms with Gasteiger partial charge in [-0.05, 0) is 104 Å². The Balaban J connectivity index is 1.13. The van der Waals surface area contributed by atoms with Crippen molar-refractivity contribution in [3.8, 4) is 0 Å². The number of benzene rings is 1. The lowest BCUT2D eigenvalue weighted by molar-refractivity contribution is -0.128. The summed E-state index contributed by atoms with van der Waals surface area (Å²) in [4.78, 5) is 34.7. The van der Waals surface area contributed by atoms with E-state index in [2.05, 4.69) is 21.5 Å². The molecule has 2 amide bonds. The molecule has 0 spiro atoms. The number of nitrogens with zero attached hydrogens (tertiary/aromatic N) is 2. The number of likely N-dealkylation sites (tertiary alicyclic amines) is 1. The molecule has 1 aliphatic heterocycles. The Hall–Kier alpha value is -3.59. The van der Waals surface area contributed by atoms with Gasteiger partial charge in [0.15, 0.2) is 11.6 Å². The monoisotopic (exact) mass is 535 g/mol. The molecule has 1 saturated heterocycles. The number of hydrogen-bond acceptors (Lipinski definition) is 4. The number of piperidine rings is 1. The van der Waals surface area contributed by atoms with Gasteiger partial charge in [-0.1, -0.05) is 0 Å². The number of halogens is 2. The zero-order chi connectivity index (χ0) is 27.5. The Labute approximate surface area is 226 Å². The van der Waals surface area contributed by atoms with E-state index in [0.29, 0.717) is 37.4 Å². The summed E-state index contributed by atoms with van der Waals surface area (Å²) in [5, 5.41) is 3.55. The number of carbonyl (C=O) groups is 2. The highest BCUT2D eigenvalue weighted by Gasteiger charge is 2.34. The molecule has 4 N–H and O–H groups in total. The van der Waals surface area contributed by atoms with Gasteiger partial charge < -0.3 is 20.9 Å². The Bertz CT molecular complexity index is 1350. The molecule has 1 saturated carbocycles. The van der Waals surface area contributed by atoms with Crippen LogP contribution < -0.4 is 11.1 Å². The van der Waals surface area contributed by atoms with Crippen molar-refractivity contribution in [1.29, 1.82) is 0 Å². The van der Waals surface area contributed by atoms with Crippen LogP contribution in [0.5, 0.6) is 0 Å². The Morgan fingerprint density at radius 1 is 1.15 bits per heavy atom. The van der Waals surface area contributed by atoms with Crippen molar-refractivity contribution in [3.63, 3.8) is 0 Å². The summed E-state index contributed by atoms with van der Waals surface area (Å²) in [7, 11) is 0. The summed E-state index contributed by atoms with van der Waals surface area (Å²) in [6.45, 7) is 2.51. The number of fused-ring (bicyclic) bond motifs is 1. The smallest absolute Gasteiger partial charge is 0.246 e. The van der Waals surface area contributed by atoms with Crippen molar-refractivity contribution in [2.45, 2.75) is 63.5 Å². The third-order valence-electron chi connectivity index (χ3n) is 8.33. The van der Waals surface area contributed by atoms with E-state index in [9.17, 15) is 18.4 Å². The second kappa shape index (κ2) is 11.7. The molecule has 39 heavy (non-hydrogen) atoms. The molecule has 2 aliphatic rings. The lowest BCUT2D eigenvalue weighted by Gasteiger charge is -2.38. The molecule has 0 bridgehead atoms. The van der Waals surface area contributed by atoms with E-state index in [1.807, 2.05) is 18.3 Å². The summed E-state index contributed by atoms with van der Waals surface area (Å²) >= 11 is 0. The number of aryl methyl sites for hydroxylation is 1. The first kappa shape index (κ1) is 27.0. The molecule has 1 unspecified atom stereocenters.